The molecule has 1 saturated heterocycles. The lowest BCUT2D eigenvalue weighted by Crippen LogP contribution is -2.49. The van der Waals surface area contributed by atoms with Crippen molar-refractivity contribution in [1.29, 1.82) is 5.26 Å². The predicted octanol–water partition coefficient (Wildman–Crippen LogP) is 2.54. The third kappa shape index (κ3) is 3.01. The zero-order valence-corrected chi connectivity index (χ0v) is 14.3. The Hall–Kier alpha value is -2.94. The maximum atomic E-state index is 13.9. The molecule has 1 aliphatic heterocycles. The monoisotopic (exact) mass is 350 g/mol. The lowest BCUT2D eigenvalue weighted by molar-refractivity contribution is -0.133. The summed E-state index contributed by atoms with van der Waals surface area (Å²) >= 11 is 0. The van der Waals surface area contributed by atoms with Crippen LogP contribution in [0.1, 0.15) is 23.5 Å². The number of pyridine rings is 1. The number of carbonyl (C=O) groups excluding carboxylic acids is 1. The molecule has 2 aliphatic rings. The molecular formula is C20H19FN4O. The highest BCUT2D eigenvalue weighted by Crippen LogP contribution is 2.49. The number of benzene rings is 1. The summed E-state index contributed by atoms with van der Waals surface area (Å²) < 4.78 is 13.9. The van der Waals surface area contributed by atoms with Gasteiger partial charge in [-0.3, -0.25) is 4.79 Å². The van der Waals surface area contributed by atoms with E-state index < -0.39 is 0 Å². The fourth-order valence-electron chi connectivity index (χ4n) is 3.70. The summed E-state index contributed by atoms with van der Waals surface area (Å²) in [7, 11) is 0. The van der Waals surface area contributed by atoms with Crippen molar-refractivity contribution < 1.29 is 9.18 Å². The first-order valence-electron chi connectivity index (χ1n) is 8.82. The van der Waals surface area contributed by atoms with Crippen LogP contribution < -0.4 is 4.90 Å². The number of nitriles is 1. The van der Waals surface area contributed by atoms with E-state index in [1.165, 1.54) is 6.07 Å². The number of hydrogen-bond acceptors (Lipinski definition) is 4. The highest BCUT2D eigenvalue weighted by Gasteiger charge is 2.47. The molecule has 132 valence electrons. The highest BCUT2D eigenvalue weighted by atomic mass is 19.1. The molecule has 1 aromatic heterocycles. The summed E-state index contributed by atoms with van der Waals surface area (Å²) in [6, 6.07) is 12.4. The molecule has 0 spiro atoms. The van der Waals surface area contributed by atoms with Gasteiger partial charge in [-0.25, -0.2) is 9.37 Å². The Bertz CT molecular complexity index is 870. The van der Waals surface area contributed by atoms with Crippen LogP contribution in [-0.4, -0.2) is 42.0 Å². The number of piperazine rings is 1. The minimum absolute atomic E-state index is 0.00251. The Kier molecular flexibility index (Phi) is 4.29. The molecule has 2 atom stereocenters. The Morgan fingerprint density at radius 1 is 1.15 bits per heavy atom. The van der Waals surface area contributed by atoms with Crippen molar-refractivity contribution in [2.24, 2.45) is 5.92 Å². The van der Waals surface area contributed by atoms with E-state index in [-0.39, 0.29) is 23.6 Å². The number of rotatable bonds is 3. The second kappa shape index (κ2) is 6.75. The first-order valence-corrected chi connectivity index (χ1v) is 8.82. The van der Waals surface area contributed by atoms with Gasteiger partial charge in [0.05, 0.1) is 5.56 Å². The van der Waals surface area contributed by atoms with Gasteiger partial charge in [-0.1, -0.05) is 18.2 Å². The molecule has 5 nitrogen and oxygen atoms in total. The van der Waals surface area contributed by atoms with Crippen LogP contribution in [0, 0.1) is 23.1 Å². The van der Waals surface area contributed by atoms with E-state index in [2.05, 4.69) is 11.1 Å². The van der Waals surface area contributed by atoms with E-state index in [0.29, 0.717) is 43.1 Å². The SMILES string of the molecule is N#Cc1cccnc1N1CCN(C(=O)C2CC2c2ccccc2F)CC1. The van der Waals surface area contributed by atoms with Gasteiger partial charge in [0.15, 0.2) is 0 Å². The van der Waals surface area contributed by atoms with Gasteiger partial charge in [-0.2, -0.15) is 5.26 Å². The molecule has 0 radical (unpaired) electrons. The van der Waals surface area contributed by atoms with E-state index in [9.17, 15) is 14.4 Å². The summed E-state index contributed by atoms with van der Waals surface area (Å²) in [6.07, 6.45) is 2.40. The fraction of sp³-hybridized carbons (Fsp3) is 0.350. The Morgan fingerprint density at radius 2 is 1.92 bits per heavy atom. The van der Waals surface area contributed by atoms with Crippen LogP contribution in [0.4, 0.5) is 10.2 Å². The van der Waals surface area contributed by atoms with Crippen molar-refractivity contribution in [3.8, 4) is 6.07 Å². The second-order valence-electron chi connectivity index (χ2n) is 6.77. The molecule has 1 aromatic carbocycles. The van der Waals surface area contributed by atoms with Gasteiger partial charge in [0.1, 0.15) is 17.7 Å². The van der Waals surface area contributed by atoms with Crippen LogP contribution in [0.3, 0.4) is 0 Å². The number of anilines is 1. The molecule has 1 amide bonds. The lowest BCUT2D eigenvalue weighted by atomic mass is 10.1. The predicted molar refractivity (Wildman–Crippen MR) is 95.0 cm³/mol. The largest absolute Gasteiger partial charge is 0.352 e. The molecular weight excluding hydrogens is 331 g/mol. The van der Waals surface area contributed by atoms with E-state index in [4.69, 9.17) is 0 Å². The minimum Gasteiger partial charge on any atom is -0.352 e. The molecule has 1 saturated carbocycles. The maximum Gasteiger partial charge on any atom is 0.226 e. The summed E-state index contributed by atoms with van der Waals surface area (Å²) in [4.78, 5) is 21.0. The van der Waals surface area contributed by atoms with Crippen LogP contribution >= 0.6 is 0 Å². The first kappa shape index (κ1) is 16.5. The number of aromatic nitrogens is 1. The molecule has 4 rings (SSSR count). The van der Waals surface area contributed by atoms with Crippen molar-refractivity contribution in [2.75, 3.05) is 31.1 Å². The third-order valence-corrected chi connectivity index (χ3v) is 5.21. The zero-order chi connectivity index (χ0) is 18.1. The highest BCUT2D eigenvalue weighted by molar-refractivity contribution is 5.83. The number of nitrogens with zero attached hydrogens (tertiary/aromatic N) is 4. The van der Waals surface area contributed by atoms with E-state index >= 15 is 0 Å². The topological polar surface area (TPSA) is 60.2 Å². The second-order valence-corrected chi connectivity index (χ2v) is 6.77. The van der Waals surface area contributed by atoms with Crippen LogP contribution in [0.25, 0.3) is 0 Å². The van der Waals surface area contributed by atoms with Crippen molar-refractivity contribution in [3.63, 3.8) is 0 Å². The van der Waals surface area contributed by atoms with Gasteiger partial charge in [0.2, 0.25) is 5.91 Å². The first-order chi connectivity index (χ1) is 12.7. The molecule has 0 bridgehead atoms. The Balaban J connectivity index is 1.38. The van der Waals surface area contributed by atoms with Crippen molar-refractivity contribution in [2.45, 2.75) is 12.3 Å². The molecule has 2 fully saturated rings. The van der Waals surface area contributed by atoms with E-state index in [1.807, 2.05) is 15.9 Å². The Morgan fingerprint density at radius 3 is 2.65 bits per heavy atom. The zero-order valence-electron chi connectivity index (χ0n) is 14.3. The minimum atomic E-state index is -0.225. The van der Waals surface area contributed by atoms with Gasteiger partial charge < -0.3 is 9.80 Å². The van der Waals surface area contributed by atoms with Crippen LogP contribution in [0.15, 0.2) is 42.6 Å². The quantitative estimate of drug-likeness (QED) is 0.854. The molecule has 2 heterocycles. The summed E-state index contributed by atoms with van der Waals surface area (Å²) in [5, 5.41) is 9.22. The van der Waals surface area contributed by atoms with Gasteiger partial charge >= 0.3 is 0 Å². The third-order valence-electron chi connectivity index (χ3n) is 5.21. The number of amides is 1. The van der Waals surface area contributed by atoms with Gasteiger partial charge in [0, 0.05) is 38.3 Å². The molecule has 2 aromatic rings. The van der Waals surface area contributed by atoms with Gasteiger partial charge in [-0.05, 0) is 36.1 Å². The lowest BCUT2D eigenvalue weighted by Gasteiger charge is -2.35. The molecule has 26 heavy (non-hydrogen) atoms. The smallest absolute Gasteiger partial charge is 0.226 e. The van der Waals surface area contributed by atoms with Crippen molar-refractivity contribution in [3.05, 3.63) is 59.5 Å². The van der Waals surface area contributed by atoms with Crippen LogP contribution in [-0.2, 0) is 4.79 Å². The van der Waals surface area contributed by atoms with Crippen LogP contribution in [0.5, 0.6) is 0 Å². The average molecular weight is 350 g/mol. The number of carbonyl (C=O) groups is 1. The molecule has 1 aliphatic carbocycles. The number of halogens is 1. The van der Waals surface area contributed by atoms with Crippen molar-refractivity contribution >= 4 is 11.7 Å². The Labute approximate surface area is 151 Å². The van der Waals surface area contributed by atoms with E-state index in [1.54, 1.807) is 30.5 Å². The molecule has 6 heteroatoms. The normalized spacial score (nSPS) is 22.0. The van der Waals surface area contributed by atoms with Gasteiger partial charge in [0.25, 0.3) is 0 Å². The van der Waals surface area contributed by atoms with Crippen molar-refractivity contribution in [1.82, 2.24) is 9.88 Å². The van der Waals surface area contributed by atoms with Gasteiger partial charge in [-0.15, -0.1) is 0 Å². The molecule has 2 unspecified atom stereocenters. The standard InChI is InChI=1S/C20H19FN4O/c21-18-6-2-1-5-15(18)16-12-17(16)20(26)25-10-8-24(9-11-25)19-14(13-22)4-3-7-23-19/h1-7,16-17H,8-12H2. The van der Waals surface area contributed by atoms with E-state index in [0.717, 1.165) is 6.42 Å². The number of hydrogen-bond donors (Lipinski definition) is 0. The molecule has 0 N–H and O–H groups in total. The summed E-state index contributed by atoms with van der Waals surface area (Å²) in [5.74, 6) is 0.458. The maximum absolute atomic E-state index is 13.9. The average Bonchev–Trinajstić information content (AvgIpc) is 3.48. The summed E-state index contributed by atoms with van der Waals surface area (Å²) in [5.41, 5.74) is 1.20. The fourth-order valence-corrected chi connectivity index (χ4v) is 3.70. The summed E-state index contributed by atoms with van der Waals surface area (Å²) in [6.45, 7) is 2.49. The van der Waals surface area contributed by atoms with Crippen LogP contribution in [0.2, 0.25) is 0 Å².